The Morgan fingerprint density at radius 2 is 1.75 bits per heavy atom. The van der Waals surface area contributed by atoms with E-state index >= 15 is 0 Å². The van der Waals surface area contributed by atoms with Crippen molar-refractivity contribution in [3.63, 3.8) is 0 Å². The second kappa shape index (κ2) is 7.75. The summed E-state index contributed by atoms with van der Waals surface area (Å²) >= 11 is 18.0. The van der Waals surface area contributed by atoms with Gasteiger partial charge in [0.05, 0.1) is 22.8 Å². The summed E-state index contributed by atoms with van der Waals surface area (Å²) in [4.78, 5) is 0. The first kappa shape index (κ1) is 16.9. The summed E-state index contributed by atoms with van der Waals surface area (Å²) in [5.74, 6) is 1.32. The van der Waals surface area contributed by atoms with Gasteiger partial charge in [0, 0.05) is 10.6 Å². The van der Waals surface area contributed by atoms with E-state index in [-0.39, 0.29) is 0 Å². The second-order valence-electron chi connectivity index (χ2n) is 5.02. The number of halogens is 3. The number of hydrogen-bond donors (Lipinski definition) is 1. The molecule has 0 aliphatic heterocycles. The summed E-state index contributed by atoms with van der Waals surface area (Å²) in [6.07, 6.45) is 1.61. The minimum absolute atomic E-state index is 0.488. The number of nitrogens with zero attached hydrogens (tertiary/aromatic N) is 1. The van der Waals surface area contributed by atoms with Crippen molar-refractivity contribution >= 4 is 41.0 Å². The molecule has 0 fully saturated rings. The van der Waals surface area contributed by atoms with Gasteiger partial charge >= 0.3 is 0 Å². The minimum Gasteiger partial charge on any atom is -0.455 e. The average molecular weight is 380 g/mol. The third-order valence-electron chi connectivity index (χ3n) is 3.34. The Kier molecular flexibility index (Phi) is 5.46. The fourth-order valence-electron chi connectivity index (χ4n) is 2.11. The van der Waals surface area contributed by atoms with Crippen molar-refractivity contribution in [2.24, 2.45) is 5.10 Å². The molecule has 2 aromatic carbocycles. The Morgan fingerprint density at radius 3 is 2.54 bits per heavy atom. The van der Waals surface area contributed by atoms with Crippen molar-refractivity contribution in [1.29, 1.82) is 0 Å². The van der Waals surface area contributed by atoms with Gasteiger partial charge < -0.3 is 9.84 Å². The van der Waals surface area contributed by atoms with Crippen LogP contribution >= 0.6 is 34.8 Å². The Labute approximate surface area is 154 Å². The maximum Gasteiger partial charge on any atom is 0.147 e. The molecule has 0 saturated heterocycles. The average Bonchev–Trinajstić information content (AvgIpc) is 3.04. The van der Waals surface area contributed by atoms with Gasteiger partial charge in [-0.1, -0.05) is 53.0 Å². The summed E-state index contributed by atoms with van der Waals surface area (Å²) in [7, 11) is 0. The molecule has 0 spiro atoms. The van der Waals surface area contributed by atoms with Gasteiger partial charge in [0.25, 0.3) is 0 Å². The third-order valence-corrected chi connectivity index (χ3v) is 4.45. The summed E-state index contributed by atoms with van der Waals surface area (Å²) in [5.41, 5.74) is 4.78. The van der Waals surface area contributed by atoms with E-state index in [0.717, 1.165) is 11.1 Å². The van der Waals surface area contributed by atoms with Crippen LogP contribution in [0.4, 0.5) is 0 Å². The highest BCUT2D eigenvalue weighted by Gasteiger charge is 2.06. The monoisotopic (exact) mass is 378 g/mol. The lowest BCUT2D eigenvalue weighted by Crippen LogP contribution is -2.05. The van der Waals surface area contributed by atoms with Crippen LogP contribution in [0.25, 0.3) is 11.3 Å². The fraction of sp³-hybridized carbons (Fsp3) is 0.0556. The standard InChI is InChI=1S/C18H13Cl3N2O/c19-15-4-2-1-3-13(15)10-22-23-11-14-6-8-18(24-14)12-5-7-16(20)17(21)9-12/h1-9,11,22H,10H2/b23-11-. The van der Waals surface area contributed by atoms with Crippen molar-refractivity contribution in [3.05, 3.63) is 81.0 Å². The van der Waals surface area contributed by atoms with E-state index in [2.05, 4.69) is 10.5 Å². The first-order valence-corrected chi connectivity index (χ1v) is 8.31. The highest BCUT2D eigenvalue weighted by Crippen LogP contribution is 2.29. The molecule has 6 heteroatoms. The number of furan rings is 1. The molecule has 122 valence electrons. The lowest BCUT2D eigenvalue weighted by atomic mass is 10.2. The summed E-state index contributed by atoms with van der Waals surface area (Å²) in [5, 5.41) is 5.85. The number of hydrogen-bond acceptors (Lipinski definition) is 3. The van der Waals surface area contributed by atoms with Crippen LogP contribution < -0.4 is 5.43 Å². The molecule has 0 saturated carbocycles. The Morgan fingerprint density at radius 1 is 0.917 bits per heavy atom. The molecular weight excluding hydrogens is 367 g/mol. The first-order valence-electron chi connectivity index (χ1n) is 7.18. The lowest BCUT2D eigenvalue weighted by molar-refractivity contribution is 0.573. The quantitative estimate of drug-likeness (QED) is 0.434. The van der Waals surface area contributed by atoms with Crippen molar-refractivity contribution in [1.82, 2.24) is 5.43 Å². The molecule has 0 aliphatic rings. The van der Waals surface area contributed by atoms with Crippen LogP contribution in [-0.2, 0) is 6.54 Å². The molecule has 1 heterocycles. The van der Waals surface area contributed by atoms with Crippen LogP contribution in [0.3, 0.4) is 0 Å². The molecule has 0 amide bonds. The van der Waals surface area contributed by atoms with Crippen molar-refractivity contribution < 1.29 is 4.42 Å². The molecule has 24 heavy (non-hydrogen) atoms. The van der Waals surface area contributed by atoms with E-state index < -0.39 is 0 Å². The highest BCUT2D eigenvalue weighted by molar-refractivity contribution is 6.42. The van der Waals surface area contributed by atoms with Crippen LogP contribution in [-0.4, -0.2) is 6.21 Å². The normalized spacial score (nSPS) is 11.1. The van der Waals surface area contributed by atoms with Gasteiger partial charge in [-0.3, -0.25) is 0 Å². The van der Waals surface area contributed by atoms with Gasteiger partial charge in [0.2, 0.25) is 0 Å². The zero-order chi connectivity index (χ0) is 16.9. The predicted octanol–water partition coefficient (Wildman–Crippen LogP) is 6.03. The van der Waals surface area contributed by atoms with Gasteiger partial charge in [0.1, 0.15) is 11.5 Å². The molecule has 0 atom stereocenters. The molecule has 3 rings (SSSR count). The predicted molar refractivity (Wildman–Crippen MR) is 100 cm³/mol. The smallest absolute Gasteiger partial charge is 0.147 e. The summed E-state index contributed by atoms with van der Waals surface area (Å²) in [6.45, 7) is 0.538. The maximum atomic E-state index is 6.08. The number of benzene rings is 2. The van der Waals surface area contributed by atoms with Crippen LogP contribution in [0, 0.1) is 0 Å². The maximum absolute atomic E-state index is 6.08. The largest absolute Gasteiger partial charge is 0.455 e. The molecule has 1 N–H and O–H groups in total. The SMILES string of the molecule is Clc1ccc(-c2ccc(/C=N\NCc3ccccc3Cl)o2)cc1Cl. The van der Waals surface area contributed by atoms with Gasteiger partial charge in [-0.2, -0.15) is 5.10 Å². The number of rotatable bonds is 5. The van der Waals surface area contributed by atoms with Crippen LogP contribution in [0.1, 0.15) is 11.3 Å². The number of hydrazone groups is 1. The van der Waals surface area contributed by atoms with Crippen molar-refractivity contribution in [2.45, 2.75) is 6.54 Å². The molecule has 0 aliphatic carbocycles. The third kappa shape index (κ3) is 4.12. The second-order valence-corrected chi connectivity index (χ2v) is 6.24. The number of nitrogens with one attached hydrogen (secondary N) is 1. The van der Waals surface area contributed by atoms with E-state index in [1.807, 2.05) is 42.5 Å². The molecule has 1 aromatic heterocycles. The van der Waals surface area contributed by atoms with Crippen LogP contribution in [0.2, 0.25) is 15.1 Å². The molecular formula is C18H13Cl3N2O. The molecule has 0 radical (unpaired) electrons. The Balaban J connectivity index is 1.63. The van der Waals surface area contributed by atoms with E-state index in [1.165, 1.54) is 0 Å². The zero-order valence-corrected chi connectivity index (χ0v) is 14.7. The fourth-order valence-corrected chi connectivity index (χ4v) is 2.61. The zero-order valence-electron chi connectivity index (χ0n) is 12.5. The molecule has 0 unspecified atom stereocenters. The van der Waals surface area contributed by atoms with Crippen molar-refractivity contribution in [3.8, 4) is 11.3 Å². The topological polar surface area (TPSA) is 37.5 Å². The van der Waals surface area contributed by atoms with Gasteiger partial charge in [0.15, 0.2) is 0 Å². The Hall–Kier alpha value is -1.94. The van der Waals surface area contributed by atoms with Crippen LogP contribution in [0.15, 0.2) is 64.1 Å². The molecule has 3 nitrogen and oxygen atoms in total. The Bertz CT molecular complexity index is 874. The van der Waals surface area contributed by atoms with E-state index in [1.54, 1.807) is 18.3 Å². The van der Waals surface area contributed by atoms with Crippen LogP contribution in [0.5, 0.6) is 0 Å². The molecule has 3 aromatic rings. The van der Waals surface area contributed by atoms with Gasteiger partial charge in [-0.05, 0) is 42.0 Å². The summed E-state index contributed by atoms with van der Waals surface area (Å²) < 4.78 is 5.72. The van der Waals surface area contributed by atoms with E-state index in [4.69, 9.17) is 39.2 Å². The van der Waals surface area contributed by atoms with Gasteiger partial charge in [-0.25, -0.2) is 0 Å². The van der Waals surface area contributed by atoms with E-state index in [9.17, 15) is 0 Å². The first-order chi connectivity index (χ1) is 11.6. The lowest BCUT2D eigenvalue weighted by Gasteiger charge is -2.02. The summed E-state index contributed by atoms with van der Waals surface area (Å²) in [6, 6.07) is 16.7. The molecule has 0 bridgehead atoms. The van der Waals surface area contributed by atoms with Gasteiger partial charge in [-0.15, -0.1) is 0 Å². The van der Waals surface area contributed by atoms with Crippen molar-refractivity contribution in [2.75, 3.05) is 0 Å². The minimum atomic E-state index is 0.488. The van der Waals surface area contributed by atoms with E-state index in [0.29, 0.717) is 33.1 Å². The highest BCUT2D eigenvalue weighted by atomic mass is 35.5.